The Kier molecular flexibility index (Phi) is 5.73. The van der Waals surface area contributed by atoms with Crippen LogP contribution in [-0.2, 0) is 0 Å². The van der Waals surface area contributed by atoms with Crippen LogP contribution >= 0.6 is 0 Å². The third-order valence-electron chi connectivity index (χ3n) is 2.59. The maximum absolute atomic E-state index is 12.6. The van der Waals surface area contributed by atoms with Crippen LogP contribution in [0.3, 0.4) is 0 Å². The molecule has 1 heterocycles. The first kappa shape index (κ1) is 17.0. The molecule has 1 aromatic heterocycles. The van der Waals surface area contributed by atoms with Crippen LogP contribution in [0.4, 0.5) is 13.2 Å². The summed E-state index contributed by atoms with van der Waals surface area (Å²) in [5, 5.41) is 8.67. The Morgan fingerprint density at radius 1 is 1.48 bits per heavy atom. The highest BCUT2D eigenvalue weighted by molar-refractivity contribution is 5.96. The molecular formula is C14H15F3N2O2. The Morgan fingerprint density at radius 2 is 2.14 bits per heavy atom. The zero-order valence-electron chi connectivity index (χ0n) is 11.6. The Labute approximate surface area is 120 Å². The summed E-state index contributed by atoms with van der Waals surface area (Å²) < 4.78 is 37.7. The summed E-state index contributed by atoms with van der Waals surface area (Å²) in [5.41, 5.74) is 0.216. The van der Waals surface area contributed by atoms with Crippen LogP contribution in [0.1, 0.15) is 29.8 Å². The number of pyridine rings is 1. The number of aromatic nitrogens is 1. The predicted molar refractivity (Wildman–Crippen MR) is 70.4 cm³/mol. The van der Waals surface area contributed by atoms with Crippen molar-refractivity contribution in [1.82, 2.24) is 9.88 Å². The largest absolute Gasteiger partial charge is 0.406 e. The Morgan fingerprint density at radius 3 is 2.67 bits per heavy atom. The van der Waals surface area contributed by atoms with E-state index in [1.165, 1.54) is 32.3 Å². The van der Waals surface area contributed by atoms with E-state index in [-0.39, 0.29) is 11.1 Å². The lowest BCUT2D eigenvalue weighted by atomic mass is 10.1. The summed E-state index contributed by atoms with van der Waals surface area (Å²) in [5.74, 6) is 4.09. The highest BCUT2D eigenvalue weighted by atomic mass is 19.4. The normalized spacial score (nSPS) is 11.0. The third kappa shape index (κ3) is 5.08. The van der Waals surface area contributed by atoms with E-state index in [1.807, 2.05) is 0 Å². The van der Waals surface area contributed by atoms with Gasteiger partial charge in [-0.2, -0.15) is 13.2 Å². The monoisotopic (exact) mass is 300 g/mol. The molecule has 0 spiro atoms. The Balaban J connectivity index is 3.16. The van der Waals surface area contributed by atoms with Crippen molar-refractivity contribution in [3.63, 3.8) is 0 Å². The van der Waals surface area contributed by atoms with Gasteiger partial charge in [0.15, 0.2) is 0 Å². The van der Waals surface area contributed by atoms with Gasteiger partial charge in [-0.15, -0.1) is 0 Å². The molecule has 4 nitrogen and oxygen atoms in total. The molecule has 0 bridgehead atoms. The standard InChI is InChI=1S/C14H15F3N2O2/c1-10(2)19(9-14(15,16)17)13(21)12-5-6-18-8-11(12)4-3-7-20/h5-6,8,10,20H,7,9H2,1-2H3. The average Bonchev–Trinajstić information content (AvgIpc) is 2.41. The number of amides is 1. The number of carbonyl (C=O) groups excluding carboxylic acids is 1. The van der Waals surface area contributed by atoms with Crippen LogP contribution in [-0.4, -0.2) is 46.3 Å². The highest BCUT2D eigenvalue weighted by Crippen LogP contribution is 2.20. The average molecular weight is 300 g/mol. The zero-order valence-corrected chi connectivity index (χ0v) is 11.6. The van der Waals surface area contributed by atoms with E-state index >= 15 is 0 Å². The molecule has 1 aromatic rings. The fourth-order valence-corrected chi connectivity index (χ4v) is 1.65. The minimum Gasteiger partial charge on any atom is -0.384 e. The molecule has 0 atom stereocenters. The number of hydrogen-bond donors (Lipinski definition) is 1. The predicted octanol–water partition coefficient (Wildman–Crippen LogP) is 1.84. The highest BCUT2D eigenvalue weighted by Gasteiger charge is 2.35. The minimum atomic E-state index is -4.48. The summed E-state index contributed by atoms with van der Waals surface area (Å²) in [7, 11) is 0. The fourth-order valence-electron chi connectivity index (χ4n) is 1.65. The second-order valence-corrected chi connectivity index (χ2v) is 4.52. The van der Waals surface area contributed by atoms with Crippen molar-refractivity contribution in [1.29, 1.82) is 0 Å². The lowest BCUT2D eigenvalue weighted by Crippen LogP contribution is -2.43. The van der Waals surface area contributed by atoms with Crippen molar-refractivity contribution < 1.29 is 23.1 Å². The molecule has 1 amide bonds. The summed E-state index contributed by atoms with van der Waals surface area (Å²) in [6.45, 7) is 1.26. The fraction of sp³-hybridized carbons (Fsp3) is 0.429. The smallest absolute Gasteiger partial charge is 0.384 e. The summed E-state index contributed by atoms with van der Waals surface area (Å²) in [6.07, 6.45) is -1.89. The maximum Gasteiger partial charge on any atom is 0.406 e. The van der Waals surface area contributed by atoms with Gasteiger partial charge in [0.1, 0.15) is 13.2 Å². The van der Waals surface area contributed by atoms with Crippen molar-refractivity contribution in [2.45, 2.75) is 26.1 Å². The quantitative estimate of drug-likeness (QED) is 0.867. The first-order valence-electron chi connectivity index (χ1n) is 6.17. The summed E-state index contributed by atoms with van der Waals surface area (Å²) >= 11 is 0. The number of halogens is 3. The van der Waals surface area contributed by atoms with Crippen LogP contribution < -0.4 is 0 Å². The molecule has 21 heavy (non-hydrogen) atoms. The molecule has 0 saturated heterocycles. The van der Waals surface area contributed by atoms with Crippen molar-refractivity contribution in [2.75, 3.05) is 13.2 Å². The number of carbonyl (C=O) groups is 1. The first-order valence-corrected chi connectivity index (χ1v) is 6.17. The zero-order chi connectivity index (χ0) is 16.0. The number of aliphatic hydroxyl groups excluding tert-OH is 1. The van der Waals surface area contributed by atoms with E-state index in [9.17, 15) is 18.0 Å². The molecule has 0 fully saturated rings. The summed E-state index contributed by atoms with van der Waals surface area (Å²) in [6, 6.07) is 0.695. The molecule has 0 unspecified atom stereocenters. The van der Waals surface area contributed by atoms with E-state index < -0.39 is 31.3 Å². The summed E-state index contributed by atoms with van der Waals surface area (Å²) in [4.78, 5) is 16.8. The first-order chi connectivity index (χ1) is 9.76. The molecule has 0 aliphatic heterocycles. The molecule has 0 radical (unpaired) electrons. The molecular weight excluding hydrogens is 285 g/mol. The molecule has 1 rings (SSSR count). The molecule has 0 saturated carbocycles. The second-order valence-electron chi connectivity index (χ2n) is 4.52. The lowest BCUT2D eigenvalue weighted by molar-refractivity contribution is -0.143. The van der Waals surface area contributed by atoms with Crippen molar-refractivity contribution in [2.24, 2.45) is 0 Å². The van der Waals surface area contributed by atoms with Crippen LogP contribution in [0, 0.1) is 11.8 Å². The lowest BCUT2D eigenvalue weighted by Gasteiger charge is -2.28. The molecule has 7 heteroatoms. The number of nitrogens with zero attached hydrogens (tertiary/aromatic N) is 2. The number of rotatable bonds is 3. The van der Waals surface area contributed by atoms with E-state index in [0.29, 0.717) is 0 Å². The van der Waals surface area contributed by atoms with E-state index in [2.05, 4.69) is 16.8 Å². The molecule has 0 aliphatic rings. The van der Waals surface area contributed by atoms with E-state index in [0.717, 1.165) is 4.90 Å². The number of alkyl halides is 3. The molecule has 1 N–H and O–H groups in total. The number of hydrogen-bond acceptors (Lipinski definition) is 3. The maximum atomic E-state index is 12.6. The van der Waals surface area contributed by atoms with Gasteiger partial charge in [0.25, 0.3) is 5.91 Å². The van der Waals surface area contributed by atoms with Gasteiger partial charge in [0.05, 0.1) is 11.1 Å². The second kappa shape index (κ2) is 7.09. The van der Waals surface area contributed by atoms with Crippen LogP contribution in [0.15, 0.2) is 18.5 Å². The van der Waals surface area contributed by atoms with Gasteiger partial charge >= 0.3 is 6.18 Å². The third-order valence-corrected chi connectivity index (χ3v) is 2.59. The van der Waals surface area contributed by atoms with Gasteiger partial charge in [-0.25, -0.2) is 0 Å². The SMILES string of the molecule is CC(C)N(CC(F)(F)F)C(=O)c1ccncc1C#CCO. The van der Waals surface area contributed by atoms with Crippen molar-refractivity contribution in [3.8, 4) is 11.8 Å². The van der Waals surface area contributed by atoms with Crippen LogP contribution in [0.5, 0.6) is 0 Å². The Hall–Kier alpha value is -2.07. The van der Waals surface area contributed by atoms with Crippen LogP contribution in [0.2, 0.25) is 0 Å². The van der Waals surface area contributed by atoms with Gasteiger partial charge in [-0.1, -0.05) is 11.8 Å². The van der Waals surface area contributed by atoms with E-state index in [1.54, 1.807) is 0 Å². The van der Waals surface area contributed by atoms with Crippen molar-refractivity contribution >= 4 is 5.91 Å². The number of aliphatic hydroxyl groups is 1. The van der Waals surface area contributed by atoms with Gasteiger partial charge < -0.3 is 10.0 Å². The Bertz CT molecular complexity index is 559. The molecule has 0 aromatic carbocycles. The van der Waals surface area contributed by atoms with Gasteiger partial charge in [0.2, 0.25) is 0 Å². The van der Waals surface area contributed by atoms with Crippen LogP contribution in [0.25, 0.3) is 0 Å². The van der Waals surface area contributed by atoms with Gasteiger partial charge in [-0.3, -0.25) is 9.78 Å². The van der Waals surface area contributed by atoms with E-state index in [4.69, 9.17) is 5.11 Å². The minimum absolute atomic E-state index is 0.0314. The molecule has 114 valence electrons. The van der Waals surface area contributed by atoms with Crippen molar-refractivity contribution in [3.05, 3.63) is 29.6 Å². The van der Waals surface area contributed by atoms with Gasteiger partial charge in [0, 0.05) is 18.4 Å². The van der Waals surface area contributed by atoms with Gasteiger partial charge in [-0.05, 0) is 19.9 Å². The molecule has 0 aliphatic carbocycles. The topological polar surface area (TPSA) is 53.4 Å².